The summed E-state index contributed by atoms with van der Waals surface area (Å²) in [7, 11) is 0. The molecular formula is C24H23N3O4. The highest BCUT2D eigenvalue weighted by Gasteiger charge is 2.51. The van der Waals surface area contributed by atoms with Crippen molar-refractivity contribution in [3.63, 3.8) is 0 Å². The zero-order valence-electron chi connectivity index (χ0n) is 17.1. The van der Waals surface area contributed by atoms with Crippen molar-refractivity contribution in [2.24, 2.45) is 17.8 Å². The fourth-order valence-electron chi connectivity index (χ4n) is 6.74. The maximum atomic E-state index is 12.6. The summed E-state index contributed by atoms with van der Waals surface area (Å²) in [5.74, 6) is 2.76. The van der Waals surface area contributed by atoms with Gasteiger partial charge in [0.25, 0.3) is 0 Å². The third-order valence-electron chi connectivity index (χ3n) is 7.58. The van der Waals surface area contributed by atoms with Crippen molar-refractivity contribution in [3.8, 4) is 11.6 Å². The quantitative estimate of drug-likeness (QED) is 0.447. The van der Waals surface area contributed by atoms with Crippen LogP contribution in [-0.2, 0) is 5.41 Å². The Hall–Kier alpha value is -3.22. The molecule has 1 aromatic carbocycles. The van der Waals surface area contributed by atoms with Gasteiger partial charge in [-0.05, 0) is 91.5 Å². The van der Waals surface area contributed by atoms with E-state index in [9.17, 15) is 14.9 Å². The molecule has 31 heavy (non-hydrogen) atoms. The molecule has 4 aliphatic carbocycles. The first kappa shape index (κ1) is 18.5. The van der Waals surface area contributed by atoms with Crippen molar-refractivity contribution in [2.45, 2.75) is 43.9 Å². The van der Waals surface area contributed by atoms with Crippen LogP contribution in [0.2, 0.25) is 0 Å². The summed E-state index contributed by atoms with van der Waals surface area (Å²) in [5, 5.41) is 11.6. The van der Waals surface area contributed by atoms with Crippen LogP contribution in [0.1, 0.15) is 44.1 Å². The van der Waals surface area contributed by atoms with E-state index in [1.54, 1.807) is 18.2 Å². The molecule has 4 aliphatic rings. The van der Waals surface area contributed by atoms with Gasteiger partial charge in [0.2, 0.25) is 0 Å². The fraction of sp³-hybridized carbons (Fsp3) is 0.417. The SMILES string of the molecule is O=c1c([N+](=O)[O-])c(Oc2ccc(C34CC5CC(CC(C5)C3)C4)cc2)nc2ccccn12. The largest absolute Gasteiger partial charge is 0.433 e. The van der Waals surface area contributed by atoms with Gasteiger partial charge < -0.3 is 4.74 Å². The number of hydrogen-bond donors (Lipinski definition) is 0. The third-order valence-corrected chi connectivity index (χ3v) is 7.58. The average molecular weight is 417 g/mol. The lowest BCUT2D eigenvalue weighted by atomic mass is 9.48. The van der Waals surface area contributed by atoms with Gasteiger partial charge in [-0.2, -0.15) is 4.98 Å². The molecule has 2 heterocycles. The highest BCUT2D eigenvalue weighted by molar-refractivity contribution is 5.50. The van der Waals surface area contributed by atoms with Crippen molar-refractivity contribution in [1.82, 2.24) is 9.38 Å². The number of pyridine rings is 1. The maximum Gasteiger partial charge on any atom is 0.396 e. The van der Waals surface area contributed by atoms with E-state index in [1.165, 1.54) is 50.3 Å². The van der Waals surface area contributed by atoms with Crippen molar-refractivity contribution in [1.29, 1.82) is 0 Å². The molecule has 0 atom stereocenters. The molecule has 7 heteroatoms. The lowest BCUT2D eigenvalue weighted by Crippen LogP contribution is -2.48. The van der Waals surface area contributed by atoms with E-state index in [-0.39, 0.29) is 11.3 Å². The van der Waals surface area contributed by atoms with Crippen LogP contribution in [0.4, 0.5) is 5.69 Å². The van der Waals surface area contributed by atoms with E-state index in [0.717, 1.165) is 22.2 Å². The first-order valence-corrected chi connectivity index (χ1v) is 10.9. The van der Waals surface area contributed by atoms with E-state index >= 15 is 0 Å². The molecule has 4 saturated carbocycles. The molecule has 0 aliphatic heterocycles. The molecule has 7 nitrogen and oxygen atoms in total. The molecule has 0 unspecified atom stereocenters. The molecular weight excluding hydrogens is 394 g/mol. The van der Waals surface area contributed by atoms with Crippen molar-refractivity contribution in [3.05, 3.63) is 74.7 Å². The number of aromatic nitrogens is 2. The van der Waals surface area contributed by atoms with E-state index in [1.807, 2.05) is 12.1 Å². The van der Waals surface area contributed by atoms with Crippen molar-refractivity contribution < 1.29 is 9.66 Å². The fourth-order valence-corrected chi connectivity index (χ4v) is 6.74. The summed E-state index contributed by atoms with van der Waals surface area (Å²) in [6.07, 6.45) is 9.46. The van der Waals surface area contributed by atoms with Crippen LogP contribution in [-0.4, -0.2) is 14.3 Å². The molecule has 3 aromatic rings. The van der Waals surface area contributed by atoms with Crippen LogP contribution in [0.5, 0.6) is 11.6 Å². The molecule has 0 saturated heterocycles. The molecule has 4 bridgehead atoms. The second-order valence-corrected chi connectivity index (χ2v) is 9.58. The molecule has 0 amide bonds. The monoisotopic (exact) mass is 417 g/mol. The Kier molecular flexibility index (Phi) is 3.97. The summed E-state index contributed by atoms with van der Waals surface area (Å²) < 4.78 is 6.92. The first-order chi connectivity index (χ1) is 15.0. The van der Waals surface area contributed by atoms with Crippen LogP contribution < -0.4 is 10.3 Å². The number of hydrogen-bond acceptors (Lipinski definition) is 5. The Labute approximate surface area is 178 Å². The molecule has 0 spiro atoms. The lowest BCUT2D eigenvalue weighted by molar-refractivity contribution is -0.387. The van der Waals surface area contributed by atoms with Gasteiger partial charge in [0.1, 0.15) is 11.4 Å². The third kappa shape index (κ3) is 2.94. The molecule has 4 fully saturated rings. The van der Waals surface area contributed by atoms with Crippen LogP contribution in [0.3, 0.4) is 0 Å². The summed E-state index contributed by atoms with van der Waals surface area (Å²) in [4.78, 5) is 27.7. The minimum Gasteiger partial charge on any atom is -0.433 e. The number of ether oxygens (including phenoxy) is 1. The van der Waals surface area contributed by atoms with Crippen LogP contribution in [0, 0.1) is 27.9 Å². The normalized spacial score (nSPS) is 28.7. The number of fused-ring (bicyclic) bond motifs is 1. The van der Waals surface area contributed by atoms with Gasteiger partial charge in [0.15, 0.2) is 0 Å². The van der Waals surface area contributed by atoms with E-state index in [2.05, 4.69) is 17.1 Å². The Morgan fingerprint density at radius 3 is 2.26 bits per heavy atom. The average Bonchev–Trinajstić information content (AvgIpc) is 2.73. The maximum absolute atomic E-state index is 12.6. The summed E-state index contributed by atoms with van der Waals surface area (Å²) >= 11 is 0. The predicted octanol–water partition coefficient (Wildman–Crippen LogP) is 4.86. The first-order valence-electron chi connectivity index (χ1n) is 10.9. The van der Waals surface area contributed by atoms with Gasteiger partial charge in [-0.15, -0.1) is 0 Å². The van der Waals surface area contributed by atoms with Crippen molar-refractivity contribution in [2.75, 3.05) is 0 Å². The smallest absolute Gasteiger partial charge is 0.396 e. The lowest BCUT2D eigenvalue weighted by Gasteiger charge is -2.57. The Bertz CT molecular complexity index is 1210. The van der Waals surface area contributed by atoms with E-state index in [4.69, 9.17) is 4.74 Å². The van der Waals surface area contributed by atoms with Crippen LogP contribution in [0.25, 0.3) is 5.65 Å². The zero-order valence-corrected chi connectivity index (χ0v) is 17.1. The molecule has 0 N–H and O–H groups in total. The Balaban J connectivity index is 1.33. The molecule has 0 radical (unpaired) electrons. The number of nitrogens with zero attached hydrogens (tertiary/aromatic N) is 3. The standard InChI is InChI=1S/C24H23N3O4/c28-23-21(27(29)30)22(25-20-3-1-2-8-26(20)23)31-19-6-4-18(5-7-19)24-12-15-9-16(13-24)11-17(10-15)14-24/h1-8,15-17H,9-14H2. The second kappa shape index (κ2) is 6.64. The zero-order chi connectivity index (χ0) is 21.2. The summed E-state index contributed by atoms with van der Waals surface area (Å²) in [5.41, 5.74) is 0.516. The number of benzene rings is 1. The Morgan fingerprint density at radius 1 is 1.00 bits per heavy atom. The predicted molar refractivity (Wildman–Crippen MR) is 114 cm³/mol. The van der Waals surface area contributed by atoms with Crippen molar-refractivity contribution >= 4 is 11.3 Å². The van der Waals surface area contributed by atoms with Gasteiger partial charge >= 0.3 is 17.1 Å². The highest BCUT2D eigenvalue weighted by Crippen LogP contribution is 2.60. The summed E-state index contributed by atoms with van der Waals surface area (Å²) in [6, 6.07) is 12.9. The summed E-state index contributed by atoms with van der Waals surface area (Å²) in [6.45, 7) is 0. The highest BCUT2D eigenvalue weighted by atomic mass is 16.6. The van der Waals surface area contributed by atoms with Gasteiger partial charge in [0, 0.05) is 6.20 Å². The molecule has 158 valence electrons. The molecule has 7 rings (SSSR count). The van der Waals surface area contributed by atoms with E-state index in [0.29, 0.717) is 11.4 Å². The van der Waals surface area contributed by atoms with Crippen LogP contribution in [0.15, 0.2) is 53.5 Å². The number of rotatable bonds is 4. The molecule has 2 aromatic heterocycles. The van der Waals surface area contributed by atoms with Crippen LogP contribution >= 0.6 is 0 Å². The second-order valence-electron chi connectivity index (χ2n) is 9.58. The van der Waals surface area contributed by atoms with Gasteiger partial charge in [-0.25, -0.2) is 0 Å². The Morgan fingerprint density at radius 2 is 1.65 bits per heavy atom. The van der Waals surface area contributed by atoms with E-state index < -0.39 is 16.2 Å². The van der Waals surface area contributed by atoms with Gasteiger partial charge in [-0.3, -0.25) is 19.3 Å². The minimum absolute atomic E-state index is 0.274. The minimum atomic E-state index is -0.754. The number of nitro groups is 1. The van der Waals surface area contributed by atoms with Gasteiger partial charge in [0.05, 0.1) is 4.92 Å². The van der Waals surface area contributed by atoms with Gasteiger partial charge in [-0.1, -0.05) is 18.2 Å². The topological polar surface area (TPSA) is 86.7 Å².